The van der Waals surface area contributed by atoms with E-state index in [0.29, 0.717) is 4.88 Å². The average Bonchev–Trinajstić information content (AvgIpc) is 3.00. The van der Waals surface area contributed by atoms with Crippen molar-refractivity contribution in [1.29, 1.82) is 0 Å². The van der Waals surface area contributed by atoms with Crippen LogP contribution in [-0.4, -0.2) is 16.9 Å². The van der Waals surface area contributed by atoms with Gasteiger partial charge in [0.25, 0.3) is 5.91 Å². The quantitative estimate of drug-likeness (QED) is 0.577. The third-order valence-corrected chi connectivity index (χ3v) is 4.32. The number of carbonyl (C=O) groups excluding carboxylic acids is 2. The molecule has 1 aliphatic rings. The van der Waals surface area contributed by atoms with Crippen LogP contribution >= 0.6 is 23.6 Å². The van der Waals surface area contributed by atoms with Gasteiger partial charge in [0, 0.05) is 5.92 Å². The molecule has 20 heavy (non-hydrogen) atoms. The smallest absolute Gasteiger partial charge is 0.279 e. The number of rotatable bonds is 2. The molecule has 0 spiro atoms. The van der Waals surface area contributed by atoms with E-state index < -0.39 is 0 Å². The highest BCUT2D eigenvalue weighted by molar-refractivity contribution is 7.80. The minimum atomic E-state index is -0.269. The van der Waals surface area contributed by atoms with Crippen LogP contribution in [-0.2, 0) is 4.79 Å². The summed E-state index contributed by atoms with van der Waals surface area (Å²) in [6.07, 6.45) is 5.20. The van der Waals surface area contributed by atoms with Crippen LogP contribution in [0.4, 0.5) is 0 Å². The van der Waals surface area contributed by atoms with Gasteiger partial charge in [0.2, 0.25) is 5.91 Å². The van der Waals surface area contributed by atoms with Crippen LogP contribution in [0.1, 0.15) is 41.8 Å². The standard InChI is InChI=1S/C13H17N3O2S2/c17-11(9-5-2-1-3-6-9)14-13(19)16-15-12(18)10-7-4-8-20-10/h4,7-9H,1-3,5-6H2,(H,15,18)(H2,14,16,17,19). The lowest BCUT2D eigenvalue weighted by molar-refractivity contribution is -0.124. The van der Waals surface area contributed by atoms with Crippen LogP contribution in [0.25, 0.3) is 0 Å². The molecule has 0 aromatic carbocycles. The fourth-order valence-corrected chi connectivity index (χ4v) is 2.96. The molecule has 7 heteroatoms. The van der Waals surface area contributed by atoms with E-state index in [1.165, 1.54) is 17.8 Å². The lowest BCUT2D eigenvalue weighted by atomic mass is 9.89. The molecule has 1 aromatic heterocycles. The lowest BCUT2D eigenvalue weighted by Crippen LogP contribution is -2.49. The molecule has 2 rings (SSSR count). The fraction of sp³-hybridized carbons (Fsp3) is 0.462. The minimum Gasteiger partial charge on any atom is -0.302 e. The van der Waals surface area contributed by atoms with Gasteiger partial charge in [0.05, 0.1) is 4.88 Å². The molecule has 0 aliphatic heterocycles. The van der Waals surface area contributed by atoms with E-state index in [0.717, 1.165) is 25.7 Å². The molecule has 108 valence electrons. The Bertz CT molecular complexity index is 482. The van der Waals surface area contributed by atoms with Crippen LogP contribution in [0.2, 0.25) is 0 Å². The Morgan fingerprint density at radius 2 is 1.95 bits per heavy atom. The lowest BCUT2D eigenvalue weighted by Gasteiger charge is -2.21. The van der Waals surface area contributed by atoms with Crippen molar-refractivity contribution >= 4 is 40.5 Å². The van der Waals surface area contributed by atoms with E-state index in [4.69, 9.17) is 12.2 Å². The molecule has 1 aromatic rings. The third kappa shape index (κ3) is 4.28. The second kappa shape index (κ2) is 7.35. The molecule has 0 bridgehead atoms. The summed E-state index contributed by atoms with van der Waals surface area (Å²) >= 11 is 6.33. The van der Waals surface area contributed by atoms with Crippen LogP contribution in [0.15, 0.2) is 17.5 Å². The van der Waals surface area contributed by atoms with Crippen molar-refractivity contribution in [3.8, 4) is 0 Å². The minimum absolute atomic E-state index is 0.0384. The first kappa shape index (κ1) is 14.9. The number of carbonyl (C=O) groups is 2. The Labute approximate surface area is 127 Å². The number of thiophene rings is 1. The van der Waals surface area contributed by atoms with E-state index in [1.807, 2.05) is 5.38 Å². The molecule has 0 atom stereocenters. The second-order valence-corrected chi connectivity index (χ2v) is 6.07. The van der Waals surface area contributed by atoms with E-state index >= 15 is 0 Å². The van der Waals surface area contributed by atoms with E-state index in [-0.39, 0.29) is 22.8 Å². The van der Waals surface area contributed by atoms with Crippen molar-refractivity contribution in [3.05, 3.63) is 22.4 Å². The van der Waals surface area contributed by atoms with E-state index in [9.17, 15) is 9.59 Å². The highest BCUT2D eigenvalue weighted by atomic mass is 32.1. The number of nitrogens with one attached hydrogen (secondary N) is 3. The zero-order chi connectivity index (χ0) is 14.4. The van der Waals surface area contributed by atoms with Gasteiger partial charge in [0.1, 0.15) is 0 Å². The van der Waals surface area contributed by atoms with Gasteiger partial charge in [0.15, 0.2) is 5.11 Å². The van der Waals surface area contributed by atoms with Crippen LogP contribution < -0.4 is 16.2 Å². The van der Waals surface area contributed by atoms with Gasteiger partial charge in [-0.25, -0.2) is 0 Å². The van der Waals surface area contributed by atoms with E-state index in [1.54, 1.807) is 12.1 Å². The molecule has 0 radical (unpaired) electrons. The SMILES string of the molecule is O=C(NNC(=S)NC(=O)C1CCCCC1)c1cccs1. The van der Waals surface area contributed by atoms with Crippen LogP contribution in [0.5, 0.6) is 0 Å². The Morgan fingerprint density at radius 1 is 1.20 bits per heavy atom. The van der Waals surface area contributed by atoms with Crippen molar-refractivity contribution in [2.45, 2.75) is 32.1 Å². The van der Waals surface area contributed by atoms with Crippen LogP contribution in [0, 0.1) is 5.92 Å². The summed E-state index contributed by atoms with van der Waals surface area (Å²) in [7, 11) is 0. The van der Waals surface area contributed by atoms with Crippen LogP contribution in [0.3, 0.4) is 0 Å². The first-order valence-electron chi connectivity index (χ1n) is 6.61. The first-order valence-corrected chi connectivity index (χ1v) is 7.90. The zero-order valence-electron chi connectivity index (χ0n) is 11.0. The van der Waals surface area contributed by atoms with Crippen molar-refractivity contribution in [1.82, 2.24) is 16.2 Å². The maximum atomic E-state index is 11.9. The maximum Gasteiger partial charge on any atom is 0.279 e. The van der Waals surface area contributed by atoms with Gasteiger partial charge >= 0.3 is 0 Å². The molecule has 2 amide bonds. The average molecular weight is 311 g/mol. The molecule has 1 aliphatic carbocycles. The third-order valence-electron chi connectivity index (χ3n) is 3.25. The maximum absolute atomic E-state index is 11.9. The van der Waals surface area contributed by atoms with Crippen molar-refractivity contribution < 1.29 is 9.59 Å². The molecule has 1 heterocycles. The number of hydrazine groups is 1. The topological polar surface area (TPSA) is 70.2 Å². The summed E-state index contributed by atoms with van der Waals surface area (Å²) < 4.78 is 0. The number of hydrogen-bond acceptors (Lipinski definition) is 4. The van der Waals surface area contributed by atoms with Gasteiger partial charge < -0.3 is 5.32 Å². The first-order chi connectivity index (χ1) is 9.66. The molecule has 5 nitrogen and oxygen atoms in total. The van der Waals surface area contributed by atoms with Gasteiger partial charge in [-0.05, 0) is 36.5 Å². The highest BCUT2D eigenvalue weighted by Gasteiger charge is 2.21. The number of hydrogen-bond donors (Lipinski definition) is 3. The summed E-state index contributed by atoms with van der Waals surface area (Å²) in [4.78, 5) is 24.2. The Hall–Kier alpha value is -1.47. The number of thiocarbonyl (C=S) groups is 1. The second-order valence-electron chi connectivity index (χ2n) is 4.71. The molecule has 1 fully saturated rings. The van der Waals surface area contributed by atoms with Crippen molar-refractivity contribution in [3.63, 3.8) is 0 Å². The molecule has 1 saturated carbocycles. The Morgan fingerprint density at radius 3 is 2.60 bits per heavy atom. The summed E-state index contributed by atoms with van der Waals surface area (Å²) in [5, 5.41) is 4.57. The summed E-state index contributed by atoms with van der Waals surface area (Å²) in [5.74, 6) is -0.293. The predicted octanol–water partition coefficient (Wildman–Crippen LogP) is 1.96. The normalized spacial score (nSPS) is 15.4. The predicted molar refractivity (Wildman–Crippen MR) is 82.2 cm³/mol. The highest BCUT2D eigenvalue weighted by Crippen LogP contribution is 2.23. The van der Waals surface area contributed by atoms with Gasteiger partial charge in [-0.15, -0.1) is 11.3 Å². The van der Waals surface area contributed by atoms with Gasteiger partial charge in [-0.1, -0.05) is 25.3 Å². The van der Waals surface area contributed by atoms with Crippen molar-refractivity contribution in [2.24, 2.45) is 5.92 Å². The van der Waals surface area contributed by atoms with E-state index in [2.05, 4.69) is 16.2 Å². The largest absolute Gasteiger partial charge is 0.302 e. The monoisotopic (exact) mass is 311 g/mol. The van der Waals surface area contributed by atoms with Gasteiger partial charge in [-0.2, -0.15) is 0 Å². The molecule has 3 N–H and O–H groups in total. The summed E-state index contributed by atoms with van der Waals surface area (Å²) in [5.41, 5.74) is 5.01. The van der Waals surface area contributed by atoms with Crippen molar-refractivity contribution in [2.75, 3.05) is 0 Å². The number of amides is 2. The molecular weight excluding hydrogens is 294 g/mol. The zero-order valence-corrected chi connectivity index (χ0v) is 12.6. The fourth-order valence-electron chi connectivity index (χ4n) is 2.19. The molecule has 0 saturated heterocycles. The molecular formula is C13H17N3O2S2. The van der Waals surface area contributed by atoms with Gasteiger partial charge in [-0.3, -0.25) is 20.4 Å². The summed E-state index contributed by atoms with van der Waals surface area (Å²) in [6, 6.07) is 3.51. The Kier molecular flexibility index (Phi) is 5.49. The summed E-state index contributed by atoms with van der Waals surface area (Å²) in [6.45, 7) is 0. The Balaban J connectivity index is 1.72. The molecule has 0 unspecified atom stereocenters.